The topological polar surface area (TPSA) is 52.3 Å². The van der Waals surface area contributed by atoms with Gasteiger partial charge in [0.1, 0.15) is 5.75 Å². The van der Waals surface area contributed by atoms with Gasteiger partial charge in [0, 0.05) is 11.8 Å². The number of hydrogen-bond donors (Lipinski definition) is 1. The summed E-state index contributed by atoms with van der Waals surface area (Å²) in [6, 6.07) is 6.87. The molecule has 1 rings (SSSR count). The van der Waals surface area contributed by atoms with E-state index in [4.69, 9.17) is 10.5 Å². The van der Waals surface area contributed by atoms with Crippen molar-refractivity contribution < 1.29 is 9.53 Å². The monoisotopic (exact) mass is 193 g/mol. The lowest BCUT2D eigenvalue weighted by molar-refractivity contribution is -0.138. The van der Waals surface area contributed by atoms with Gasteiger partial charge >= 0.3 is 5.97 Å². The van der Waals surface area contributed by atoms with Crippen LogP contribution in [0.1, 0.15) is 20.3 Å². The van der Waals surface area contributed by atoms with Crippen LogP contribution >= 0.6 is 0 Å². The third-order valence-corrected chi connectivity index (χ3v) is 2.09. The second kappa shape index (κ2) is 4.65. The summed E-state index contributed by atoms with van der Waals surface area (Å²) in [5, 5.41) is 0. The van der Waals surface area contributed by atoms with Gasteiger partial charge in [-0.15, -0.1) is 0 Å². The summed E-state index contributed by atoms with van der Waals surface area (Å²) in [5.74, 6) is 0.227. The Kier molecular flexibility index (Phi) is 3.51. The molecule has 0 radical (unpaired) electrons. The van der Waals surface area contributed by atoms with Crippen LogP contribution in [-0.4, -0.2) is 5.97 Å². The lowest BCUT2D eigenvalue weighted by atomic mass is 10.1. The molecule has 76 valence electrons. The van der Waals surface area contributed by atoms with Crippen LogP contribution in [0.3, 0.4) is 0 Å². The summed E-state index contributed by atoms with van der Waals surface area (Å²) < 4.78 is 5.13. The standard InChI is InChI=1S/C11H15NO2/c1-3-8(2)11(13)14-10-6-4-5-9(12)7-10/h4-8H,3,12H2,1-2H3. The lowest BCUT2D eigenvalue weighted by Crippen LogP contribution is -2.16. The largest absolute Gasteiger partial charge is 0.426 e. The van der Waals surface area contributed by atoms with Gasteiger partial charge in [-0.25, -0.2) is 0 Å². The second-order valence-electron chi connectivity index (χ2n) is 3.30. The molecule has 1 aromatic rings. The van der Waals surface area contributed by atoms with Crippen LogP contribution in [0.4, 0.5) is 5.69 Å². The zero-order chi connectivity index (χ0) is 10.6. The van der Waals surface area contributed by atoms with Crippen LogP contribution < -0.4 is 10.5 Å². The Bertz CT molecular complexity index is 323. The molecule has 1 aromatic carbocycles. The second-order valence-corrected chi connectivity index (χ2v) is 3.30. The highest BCUT2D eigenvalue weighted by Gasteiger charge is 2.12. The molecule has 0 saturated heterocycles. The molecule has 2 N–H and O–H groups in total. The van der Waals surface area contributed by atoms with E-state index < -0.39 is 0 Å². The Labute approximate surface area is 83.9 Å². The minimum atomic E-state index is -0.210. The summed E-state index contributed by atoms with van der Waals surface area (Å²) in [4.78, 5) is 11.4. The van der Waals surface area contributed by atoms with Crippen molar-refractivity contribution in [3.8, 4) is 5.75 Å². The first-order chi connectivity index (χ1) is 6.63. The number of anilines is 1. The molecule has 0 aliphatic heterocycles. The smallest absolute Gasteiger partial charge is 0.314 e. The predicted octanol–water partition coefficient (Wildman–Crippen LogP) is 2.22. The molecule has 0 bridgehead atoms. The first-order valence-electron chi connectivity index (χ1n) is 4.70. The molecule has 0 heterocycles. The van der Waals surface area contributed by atoms with Gasteiger partial charge in [-0.1, -0.05) is 19.9 Å². The molecule has 0 saturated carbocycles. The number of ether oxygens (including phenoxy) is 1. The molecule has 3 heteroatoms. The number of carbonyl (C=O) groups is 1. The summed E-state index contributed by atoms with van der Waals surface area (Å²) in [7, 11) is 0. The van der Waals surface area contributed by atoms with Crippen molar-refractivity contribution >= 4 is 11.7 Å². The molecule has 1 atom stereocenters. The van der Waals surface area contributed by atoms with Crippen LogP contribution in [0.5, 0.6) is 5.75 Å². The van der Waals surface area contributed by atoms with Crippen LogP contribution in [0, 0.1) is 5.92 Å². The van der Waals surface area contributed by atoms with Crippen LogP contribution in [0.25, 0.3) is 0 Å². The molecular weight excluding hydrogens is 178 g/mol. The Morgan fingerprint density at radius 1 is 1.57 bits per heavy atom. The van der Waals surface area contributed by atoms with E-state index in [9.17, 15) is 4.79 Å². The third kappa shape index (κ3) is 2.76. The van der Waals surface area contributed by atoms with Crippen molar-refractivity contribution in [2.75, 3.05) is 5.73 Å². The molecule has 1 unspecified atom stereocenters. The Balaban J connectivity index is 2.65. The number of benzene rings is 1. The van der Waals surface area contributed by atoms with Crippen molar-refractivity contribution in [1.29, 1.82) is 0 Å². The van der Waals surface area contributed by atoms with Gasteiger partial charge in [0.05, 0.1) is 5.92 Å². The number of nitrogens with two attached hydrogens (primary N) is 1. The van der Waals surface area contributed by atoms with E-state index in [-0.39, 0.29) is 11.9 Å². The maximum atomic E-state index is 11.4. The number of hydrogen-bond acceptors (Lipinski definition) is 3. The first kappa shape index (κ1) is 10.6. The van der Waals surface area contributed by atoms with Crippen molar-refractivity contribution in [3.63, 3.8) is 0 Å². The average molecular weight is 193 g/mol. The van der Waals surface area contributed by atoms with Crippen molar-refractivity contribution in [2.45, 2.75) is 20.3 Å². The van der Waals surface area contributed by atoms with Crippen LogP contribution in [0.2, 0.25) is 0 Å². The highest BCUT2D eigenvalue weighted by Crippen LogP contribution is 2.16. The lowest BCUT2D eigenvalue weighted by Gasteiger charge is -2.08. The summed E-state index contributed by atoms with van der Waals surface area (Å²) in [6.07, 6.45) is 0.779. The molecule has 0 aliphatic carbocycles. The molecule has 0 spiro atoms. The average Bonchev–Trinajstić information content (AvgIpc) is 2.16. The number of carbonyl (C=O) groups excluding carboxylic acids is 1. The van der Waals surface area contributed by atoms with Gasteiger partial charge < -0.3 is 10.5 Å². The number of esters is 1. The third-order valence-electron chi connectivity index (χ3n) is 2.09. The Morgan fingerprint density at radius 3 is 2.86 bits per heavy atom. The summed E-state index contributed by atoms with van der Waals surface area (Å²) >= 11 is 0. The van der Waals surface area contributed by atoms with Crippen molar-refractivity contribution in [3.05, 3.63) is 24.3 Å². The minimum absolute atomic E-state index is 0.0727. The summed E-state index contributed by atoms with van der Waals surface area (Å²) in [5.41, 5.74) is 6.15. The fraction of sp³-hybridized carbons (Fsp3) is 0.364. The fourth-order valence-electron chi connectivity index (χ4n) is 0.961. The predicted molar refractivity (Wildman–Crippen MR) is 55.9 cm³/mol. The Hall–Kier alpha value is -1.51. The van der Waals surface area contributed by atoms with Crippen molar-refractivity contribution in [2.24, 2.45) is 5.92 Å². The molecular formula is C11H15NO2. The fourth-order valence-corrected chi connectivity index (χ4v) is 0.961. The van der Waals surface area contributed by atoms with Gasteiger partial charge in [0.25, 0.3) is 0 Å². The molecule has 0 amide bonds. The van der Waals surface area contributed by atoms with Gasteiger partial charge in [-0.05, 0) is 18.6 Å². The number of rotatable bonds is 3. The summed E-state index contributed by atoms with van der Waals surface area (Å²) in [6.45, 7) is 3.79. The molecule has 0 fully saturated rings. The van der Waals surface area contributed by atoms with E-state index in [1.165, 1.54) is 0 Å². The van der Waals surface area contributed by atoms with Gasteiger partial charge in [-0.2, -0.15) is 0 Å². The van der Waals surface area contributed by atoms with Crippen molar-refractivity contribution in [1.82, 2.24) is 0 Å². The van der Waals surface area contributed by atoms with Crippen LogP contribution in [-0.2, 0) is 4.79 Å². The van der Waals surface area contributed by atoms with Gasteiger partial charge in [-0.3, -0.25) is 4.79 Å². The molecule has 0 aromatic heterocycles. The SMILES string of the molecule is CCC(C)C(=O)Oc1cccc(N)c1. The van der Waals surface area contributed by atoms with E-state index in [0.29, 0.717) is 11.4 Å². The number of nitrogen functional groups attached to an aromatic ring is 1. The zero-order valence-corrected chi connectivity index (χ0v) is 8.49. The normalized spacial score (nSPS) is 12.1. The van der Waals surface area contributed by atoms with Gasteiger partial charge in [0.15, 0.2) is 0 Å². The molecule has 14 heavy (non-hydrogen) atoms. The highest BCUT2D eigenvalue weighted by atomic mass is 16.5. The minimum Gasteiger partial charge on any atom is -0.426 e. The maximum Gasteiger partial charge on any atom is 0.314 e. The van der Waals surface area contributed by atoms with E-state index in [0.717, 1.165) is 6.42 Å². The van der Waals surface area contributed by atoms with E-state index in [1.54, 1.807) is 24.3 Å². The van der Waals surface area contributed by atoms with Gasteiger partial charge in [0.2, 0.25) is 0 Å². The highest BCUT2D eigenvalue weighted by molar-refractivity contribution is 5.74. The van der Waals surface area contributed by atoms with Crippen LogP contribution in [0.15, 0.2) is 24.3 Å². The zero-order valence-electron chi connectivity index (χ0n) is 8.49. The van der Waals surface area contributed by atoms with E-state index in [2.05, 4.69) is 0 Å². The Morgan fingerprint density at radius 2 is 2.29 bits per heavy atom. The first-order valence-corrected chi connectivity index (χ1v) is 4.70. The van der Waals surface area contributed by atoms with E-state index >= 15 is 0 Å². The maximum absolute atomic E-state index is 11.4. The quantitative estimate of drug-likeness (QED) is 0.455. The molecule has 3 nitrogen and oxygen atoms in total. The van der Waals surface area contributed by atoms with E-state index in [1.807, 2.05) is 13.8 Å². The molecule has 0 aliphatic rings.